The van der Waals surface area contributed by atoms with Gasteiger partial charge >= 0.3 is 0 Å². The summed E-state index contributed by atoms with van der Waals surface area (Å²) in [6.07, 6.45) is 5.92. The Morgan fingerprint density at radius 3 is 2.55 bits per heavy atom. The van der Waals surface area contributed by atoms with E-state index in [0.717, 1.165) is 12.2 Å². The zero-order valence-electron chi connectivity index (χ0n) is 13.4. The third-order valence-corrected chi connectivity index (χ3v) is 5.03. The lowest BCUT2D eigenvalue weighted by Gasteiger charge is -2.27. The average Bonchev–Trinajstić information content (AvgIpc) is 2.93. The van der Waals surface area contributed by atoms with Gasteiger partial charge in [0.2, 0.25) is 0 Å². The fourth-order valence-electron chi connectivity index (χ4n) is 3.23. The van der Waals surface area contributed by atoms with Crippen LogP contribution in [0.3, 0.4) is 0 Å². The molecule has 0 saturated carbocycles. The number of rotatable bonds is 6. The Balaban J connectivity index is 2.04. The van der Waals surface area contributed by atoms with Gasteiger partial charge < -0.3 is 10.2 Å². The number of hydrogen-bond acceptors (Lipinski definition) is 3. The van der Waals surface area contributed by atoms with Gasteiger partial charge in [0.25, 0.3) is 0 Å². The summed E-state index contributed by atoms with van der Waals surface area (Å²) in [5.74, 6) is 0. The molecule has 0 aromatic carbocycles. The van der Waals surface area contributed by atoms with E-state index in [-0.39, 0.29) is 0 Å². The van der Waals surface area contributed by atoms with Crippen LogP contribution >= 0.6 is 0 Å². The second-order valence-electron chi connectivity index (χ2n) is 6.10. The molecule has 1 aliphatic rings. The average molecular weight is 275 g/mol. The van der Waals surface area contributed by atoms with Crippen molar-refractivity contribution >= 4 is 5.69 Å². The van der Waals surface area contributed by atoms with Crippen LogP contribution in [0.2, 0.25) is 0 Å². The Hall–Kier alpha value is -1.09. The lowest BCUT2D eigenvalue weighted by Crippen LogP contribution is -2.26. The molecule has 1 aliphatic heterocycles. The molecule has 0 spiro atoms. The highest BCUT2D eigenvalue weighted by Gasteiger charge is 2.34. The van der Waals surface area contributed by atoms with Gasteiger partial charge in [0.15, 0.2) is 0 Å². The van der Waals surface area contributed by atoms with E-state index >= 15 is 0 Å². The number of anilines is 1. The summed E-state index contributed by atoms with van der Waals surface area (Å²) in [4.78, 5) is 7.14. The van der Waals surface area contributed by atoms with Crippen LogP contribution < -0.4 is 10.2 Å². The lowest BCUT2D eigenvalue weighted by atomic mass is 9.82. The summed E-state index contributed by atoms with van der Waals surface area (Å²) in [6, 6.07) is 4.73. The largest absolute Gasteiger partial charge is 0.370 e. The van der Waals surface area contributed by atoms with Gasteiger partial charge in [-0.05, 0) is 50.3 Å². The van der Waals surface area contributed by atoms with Gasteiger partial charge in [-0.3, -0.25) is 4.98 Å². The summed E-state index contributed by atoms with van der Waals surface area (Å²) in [5.41, 5.74) is 2.93. The minimum absolute atomic E-state index is 0.331. The molecule has 1 aromatic rings. The van der Waals surface area contributed by atoms with Gasteiger partial charge in [0, 0.05) is 19.1 Å². The van der Waals surface area contributed by atoms with Crippen molar-refractivity contribution in [1.82, 2.24) is 10.3 Å². The number of nitrogens with zero attached hydrogens (tertiary/aromatic N) is 2. The van der Waals surface area contributed by atoms with Gasteiger partial charge in [0.1, 0.15) is 0 Å². The maximum absolute atomic E-state index is 4.64. The molecule has 0 aliphatic carbocycles. The Bertz CT molecular complexity index is 409. The molecular weight excluding hydrogens is 246 g/mol. The fraction of sp³-hybridized carbons (Fsp3) is 0.706. The van der Waals surface area contributed by atoms with E-state index in [4.69, 9.17) is 0 Å². The first-order chi connectivity index (χ1) is 9.64. The quantitative estimate of drug-likeness (QED) is 0.856. The predicted octanol–water partition coefficient (Wildman–Crippen LogP) is 3.77. The zero-order valence-corrected chi connectivity index (χ0v) is 13.4. The van der Waals surface area contributed by atoms with Crippen LogP contribution in [-0.4, -0.2) is 24.6 Å². The topological polar surface area (TPSA) is 28.2 Å². The van der Waals surface area contributed by atoms with E-state index in [1.165, 1.54) is 38.0 Å². The van der Waals surface area contributed by atoms with Crippen molar-refractivity contribution in [2.75, 3.05) is 24.5 Å². The summed E-state index contributed by atoms with van der Waals surface area (Å²) in [7, 11) is 0. The molecule has 1 fully saturated rings. The molecular formula is C17H29N3. The Morgan fingerprint density at radius 1 is 1.30 bits per heavy atom. The van der Waals surface area contributed by atoms with E-state index in [2.05, 4.69) is 55.0 Å². The first-order valence-electron chi connectivity index (χ1n) is 8.08. The molecule has 0 bridgehead atoms. The molecule has 1 N–H and O–H groups in total. The van der Waals surface area contributed by atoms with Crippen molar-refractivity contribution in [3.05, 3.63) is 24.0 Å². The van der Waals surface area contributed by atoms with Crippen molar-refractivity contribution in [2.24, 2.45) is 5.41 Å². The van der Waals surface area contributed by atoms with Gasteiger partial charge in [-0.1, -0.05) is 20.8 Å². The van der Waals surface area contributed by atoms with Crippen LogP contribution in [0.15, 0.2) is 18.3 Å². The molecule has 2 heterocycles. The third kappa shape index (κ3) is 3.14. The minimum Gasteiger partial charge on any atom is -0.370 e. The second-order valence-corrected chi connectivity index (χ2v) is 6.10. The Kier molecular flexibility index (Phi) is 5.03. The minimum atomic E-state index is 0.331. The highest BCUT2D eigenvalue weighted by molar-refractivity contribution is 5.46. The lowest BCUT2D eigenvalue weighted by molar-refractivity contribution is 0.301. The smallest absolute Gasteiger partial charge is 0.0572 e. The summed E-state index contributed by atoms with van der Waals surface area (Å²) in [6.45, 7) is 12.3. The van der Waals surface area contributed by atoms with E-state index < -0.39 is 0 Å². The molecule has 3 nitrogen and oxygen atoms in total. The van der Waals surface area contributed by atoms with Gasteiger partial charge in [0.05, 0.1) is 17.6 Å². The zero-order chi connectivity index (χ0) is 14.6. The number of nitrogens with one attached hydrogen (secondary N) is 1. The maximum Gasteiger partial charge on any atom is 0.0572 e. The highest BCUT2D eigenvalue weighted by Crippen LogP contribution is 2.38. The van der Waals surface area contributed by atoms with Crippen LogP contribution in [0.4, 0.5) is 5.69 Å². The number of hydrogen-bond donors (Lipinski definition) is 1. The first-order valence-corrected chi connectivity index (χ1v) is 8.08. The molecule has 20 heavy (non-hydrogen) atoms. The fourth-order valence-corrected chi connectivity index (χ4v) is 3.23. The Labute approximate surface area is 123 Å². The Morgan fingerprint density at radius 2 is 2.05 bits per heavy atom. The molecule has 0 radical (unpaired) electrons. The van der Waals surface area contributed by atoms with Crippen molar-refractivity contribution in [1.29, 1.82) is 0 Å². The monoisotopic (exact) mass is 275 g/mol. The SMILES string of the molecule is CCNC(C)c1ccc(N2CCC(CC)(CC)C2)cn1. The number of pyridine rings is 1. The third-order valence-electron chi connectivity index (χ3n) is 5.03. The summed E-state index contributed by atoms with van der Waals surface area (Å²) in [5, 5.41) is 3.41. The second kappa shape index (κ2) is 6.57. The van der Waals surface area contributed by atoms with E-state index in [0.29, 0.717) is 11.5 Å². The van der Waals surface area contributed by atoms with Crippen LogP contribution in [0.25, 0.3) is 0 Å². The van der Waals surface area contributed by atoms with E-state index in [1.807, 2.05) is 6.20 Å². The number of aromatic nitrogens is 1. The molecule has 1 atom stereocenters. The molecule has 1 saturated heterocycles. The van der Waals surface area contributed by atoms with E-state index in [1.54, 1.807) is 0 Å². The molecule has 3 heteroatoms. The van der Waals surface area contributed by atoms with Crippen molar-refractivity contribution < 1.29 is 0 Å². The summed E-state index contributed by atoms with van der Waals surface area (Å²) < 4.78 is 0. The van der Waals surface area contributed by atoms with Crippen molar-refractivity contribution in [3.63, 3.8) is 0 Å². The van der Waals surface area contributed by atoms with Crippen LogP contribution in [-0.2, 0) is 0 Å². The maximum atomic E-state index is 4.64. The molecule has 2 rings (SSSR count). The first kappa shape index (κ1) is 15.3. The van der Waals surface area contributed by atoms with Crippen LogP contribution in [0.5, 0.6) is 0 Å². The van der Waals surface area contributed by atoms with Crippen molar-refractivity contribution in [2.45, 2.75) is 53.0 Å². The normalized spacial score (nSPS) is 19.3. The van der Waals surface area contributed by atoms with Crippen LogP contribution in [0.1, 0.15) is 58.7 Å². The summed E-state index contributed by atoms with van der Waals surface area (Å²) >= 11 is 0. The molecule has 112 valence electrons. The van der Waals surface area contributed by atoms with Crippen molar-refractivity contribution in [3.8, 4) is 0 Å². The van der Waals surface area contributed by atoms with E-state index in [9.17, 15) is 0 Å². The molecule has 0 amide bonds. The van der Waals surface area contributed by atoms with Crippen LogP contribution in [0, 0.1) is 5.41 Å². The predicted molar refractivity (Wildman–Crippen MR) is 86.2 cm³/mol. The molecule has 1 unspecified atom stereocenters. The van der Waals surface area contributed by atoms with Gasteiger partial charge in [-0.2, -0.15) is 0 Å². The standard InChI is InChI=1S/C17H29N3/c1-5-17(6-2)10-11-20(13-17)15-8-9-16(19-12-15)14(4)18-7-3/h8-9,12,14,18H,5-7,10-11,13H2,1-4H3. The van der Waals surface area contributed by atoms with Gasteiger partial charge in [-0.15, -0.1) is 0 Å². The molecule has 1 aromatic heterocycles. The highest BCUT2D eigenvalue weighted by atomic mass is 15.2. The van der Waals surface area contributed by atoms with Gasteiger partial charge in [-0.25, -0.2) is 0 Å².